The highest BCUT2D eigenvalue weighted by molar-refractivity contribution is 6.71. The minimum atomic E-state index is -1.40. The summed E-state index contributed by atoms with van der Waals surface area (Å²) < 4.78 is 6.19. The standard InChI is InChI=1S/C11H27NOSi/c1-7-10-14(5,6)13-11(4)12(8-2)9-3/h11H,7-10H2,1-6H3. The van der Waals surface area contributed by atoms with Gasteiger partial charge in [0.2, 0.25) is 0 Å². The summed E-state index contributed by atoms with van der Waals surface area (Å²) in [6.45, 7) is 15.6. The predicted octanol–water partition coefficient (Wildman–Crippen LogP) is 3.31. The smallest absolute Gasteiger partial charge is 0.188 e. The van der Waals surface area contributed by atoms with Crippen molar-refractivity contribution in [1.82, 2.24) is 4.90 Å². The molecule has 3 heteroatoms. The molecule has 0 saturated heterocycles. The molecule has 2 nitrogen and oxygen atoms in total. The van der Waals surface area contributed by atoms with E-state index in [4.69, 9.17) is 4.43 Å². The number of rotatable bonds is 7. The quantitative estimate of drug-likeness (QED) is 0.479. The Morgan fingerprint density at radius 3 is 2.00 bits per heavy atom. The van der Waals surface area contributed by atoms with E-state index in [1.165, 1.54) is 12.5 Å². The normalized spacial score (nSPS) is 14.8. The molecule has 1 unspecified atom stereocenters. The fraction of sp³-hybridized carbons (Fsp3) is 1.00. The first-order chi connectivity index (χ1) is 6.46. The molecule has 0 N–H and O–H groups in total. The molecule has 0 amide bonds. The van der Waals surface area contributed by atoms with E-state index >= 15 is 0 Å². The van der Waals surface area contributed by atoms with Crippen molar-refractivity contribution < 1.29 is 4.43 Å². The fourth-order valence-corrected chi connectivity index (χ4v) is 4.33. The maximum Gasteiger partial charge on any atom is 0.188 e. The fourth-order valence-electron chi connectivity index (χ4n) is 1.94. The van der Waals surface area contributed by atoms with Gasteiger partial charge in [-0.3, -0.25) is 4.90 Å². The molecule has 0 aliphatic heterocycles. The lowest BCUT2D eigenvalue weighted by Gasteiger charge is -2.33. The molecule has 86 valence electrons. The summed E-state index contributed by atoms with van der Waals surface area (Å²) in [6.07, 6.45) is 1.53. The van der Waals surface area contributed by atoms with Crippen molar-refractivity contribution in [1.29, 1.82) is 0 Å². The second-order valence-corrected chi connectivity index (χ2v) is 8.70. The maximum atomic E-state index is 6.19. The third kappa shape index (κ3) is 5.13. The van der Waals surface area contributed by atoms with Gasteiger partial charge in [0.15, 0.2) is 8.32 Å². The van der Waals surface area contributed by atoms with Gasteiger partial charge in [-0.25, -0.2) is 0 Å². The first-order valence-electron chi connectivity index (χ1n) is 5.88. The zero-order valence-electron chi connectivity index (χ0n) is 10.8. The van der Waals surface area contributed by atoms with E-state index in [-0.39, 0.29) is 0 Å². The van der Waals surface area contributed by atoms with Gasteiger partial charge < -0.3 is 4.43 Å². The Labute approximate surface area is 90.8 Å². The highest BCUT2D eigenvalue weighted by Crippen LogP contribution is 2.17. The molecule has 0 aromatic heterocycles. The molecule has 0 rings (SSSR count). The van der Waals surface area contributed by atoms with Gasteiger partial charge in [-0.15, -0.1) is 0 Å². The Morgan fingerprint density at radius 2 is 1.64 bits per heavy atom. The molecule has 0 fully saturated rings. The zero-order valence-corrected chi connectivity index (χ0v) is 11.8. The Balaban J connectivity index is 4.07. The molecule has 0 spiro atoms. The minimum absolute atomic E-state index is 0.290. The van der Waals surface area contributed by atoms with Crippen LogP contribution in [0.2, 0.25) is 19.1 Å². The molecule has 0 aliphatic carbocycles. The van der Waals surface area contributed by atoms with E-state index in [0.29, 0.717) is 6.23 Å². The molecule has 14 heavy (non-hydrogen) atoms. The first kappa shape index (κ1) is 14.1. The minimum Gasteiger partial charge on any atom is -0.402 e. The highest BCUT2D eigenvalue weighted by atomic mass is 28.4. The molecule has 0 radical (unpaired) electrons. The van der Waals surface area contributed by atoms with Crippen LogP contribution in [-0.4, -0.2) is 32.5 Å². The summed E-state index contributed by atoms with van der Waals surface area (Å²) in [6, 6.07) is 1.26. The van der Waals surface area contributed by atoms with Crippen LogP contribution in [0.3, 0.4) is 0 Å². The summed E-state index contributed by atoms with van der Waals surface area (Å²) in [5.74, 6) is 0. The van der Waals surface area contributed by atoms with Gasteiger partial charge in [0.1, 0.15) is 0 Å². The van der Waals surface area contributed by atoms with E-state index < -0.39 is 8.32 Å². The SMILES string of the molecule is CCC[Si](C)(C)OC(C)N(CC)CC. The van der Waals surface area contributed by atoms with Gasteiger partial charge in [-0.2, -0.15) is 0 Å². The summed E-state index contributed by atoms with van der Waals surface area (Å²) in [5, 5.41) is 0. The summed E-state index contributed by atoms with van der Waals surface area (Å²) in [4.78, 5) is 2.37. The topological polar surface area (TPSA) is 12.5 Å². The van der Waals surface area contributed by atoms with Crippen molar-refractivity contribution >= 4 is 8.32 Å². The Kier molecular flexibility index (Phi) is 6.65. The molecule has 0 heterocycles. The van der Waals surface area contributed by atoms with Crippen LogP contribution < -0.4 is 0 Å². The Hall–Kier alpha value is 0.137. The Bertz CT molecular complexity index is 146. The molecule has 0 aliphatic rings. The van der Waals surface area contributed by atoms with E-state index in [1.807, 2.05) is 0 Å². The first-order valence-corrected chi connectivity index (χ1v) is 9.00. The van der Waals surface area contributed by atoms with E-state index in [1.54, 1.807) is 0 Å². The Morgan fingerprint density at radius 1 is 1.14 bits per heavy atom. The largest absolute Gasteiger partial charge is 0.402 e. The second-order valence-electron chi connectivity index (χ2n) is 4.45. The number of hydrogen-bond donors (Lipinski definition) is 0. The van der Waals surface area contributed by atoms with Crippen LogP contribution in [0, 0.1) is 0 Å². The molecule has 0 aromatic rings. The number of nitrogens with zero attached hydrogens (tertiary/aromatic N) is 1. The number of hydrogen-bond acceptors (Lipinski definition) is 2. The molecule has 0 saturated carbocycles. The zero-order chi connectivity index (χ0) is 11.2. The van der Waals surface area contributed by atoms with Gasteiger partial charge in [-0.1, -0.05) is 27.2 Å². The van der Waals surface area contributed by atoms with Crippen LogP contribution in [0.1, 0.15) is 34.1 Å². The van der Waals surface area contributed by atoms with Crippen molar-refractivity contribution in [2.75, 3.05) is 13.1 Å². The molecular formula is C11H27NOSi. The van der Waals surface area contributed by atoms with E-state index in [9.17, 15) is 0 Å². The van der Waals surface area contributed by atoms with Crippen molar-refractivity contribution in [3.05, 3.63) is 0 Å². The van der Waals surface area contributed by atoms with E-state index in [2.05, 4.69) is 45.7 Å². The predicted molar refractivity (Wildman–Crippen MR) is 66.0 cm³/mol. The van der Waals surface area contributed by atoms with Crippen LogP contribution in [-0.2, 0) is 4.43 Å². The molecular weight excluding hydrogens is 190 g/mol. The highest BCUT2D eigenvalue weighted by Gasteiger charge is 2.25. The van der Waals surface area contributed by atoms with Crippen LogP contribution in [0.5, 0.6) is 0 Å². The monoisotopic (exact) mass is 217 g/mol. The van der Waals surface area contributed by atoms with Crippen LogP contribution >= 0.6 is 0 Å². The lowest BCUT2D eigenvalue weighted by molar-refractivity contribution is 0.0405. The lowest BCUT2D eigenvalue weighted by Crippen LogP contribution is -2.43. The third-order valence-corrected chi connectivity index (χ3v) is 5.35. The van der Waals surface area contributed by atoms with Crippen molar-refractivity contribution in [3.8, 4) is 0 Å². The average Bonchev–Trinajstić information content (AvgIpc) is 2.04. The van der Waals surface area contributed by atoms with Gasteiger partial charge in [0.25, 0.3) is 0 Å². The van der Waals surface area contributed by atoms with Gasteiger partial charge in [0.05, 0.1) is 6.23 Å². The van der Waals surface area contributed by atoms with E-state index in [0.717, 1.165) is 13.1 Å². The van der Waals surface area contributed by atoms with Crippen molar-refractivity contribution in [3.63, 3.8) is 0 Å². The van der Waals surface area contributed by atoms with Gasteiger partial charge >= 0.3 is 0 Å². The molecule has 1 atom stereocenters. The van der Waals surface area contributed by atoms with Crippen molar-refractivity contribution in [2.24, 2.45) is 0 Å². The van der Waals surface area contributed by atoms with Gasteiger partial charge in [0, 0.05) is 0 Å². The maximum absolute atomic E-state index is 6.19. The summed E-state index contributed by atoms with van der Waals surface area (Å²) in [5.41, 5.74) is 0. The lowest BCUT2D eigenvalue weighted by atomic mass is 10.5. The van der Waals surface area contributed by atoms with Crippen LogP contribution in [0.25, 0.3) is 0 Å². The second kappa shape index (κ2) is 6.59. The average molecular weight is 217 g/mol. The third-order valence-electron chi connectivity index (χ3n) is 2.67. The summed E-state index contributed by atoms with van der Waals surface area (Å²) in [7, 11) is -1.40. The molecule has 0 bridgehead atoms. The van der Waals surface area contributed by atoms with Crippen LogP contribution in [0.4, 0.5) is 0 Å². The molecule has 0 aromatic carbocycles. The van der Waals surface area contributed by atoms with Gasteiger partial charge in [-0.05, 0) is 39.2 Å². The van der Waals surface area contributed by atoms with Crippen molar-refractivity contribution in [2.45, 2.75) is 59.5 Å². The summed E-state index contributed by atoms with van der Waals surface area (Å²) >= 11 is 0. The van der Waals surface area contributed by atoms with Crippen LogP contribution in [0.15, 0.2) is 0 Å².